The number of anilines is 1. The number of hydrogen-bond donors (Lipinski definition) is 0. The highest BCUT2D eigenvalue weighted by Gasteiger charge is 2.36. The van der Waals surface area contributed by atoms with E-state index in [9.17, 15) is 8.78 Å². The van der Waals surface area contributed by atoms with Crippen LogP contribution in [0.25, 0.3) is 17.0 Å². The lowest BCUT2D eigenvalue weighted by atomic mass is 9.85. The van der Waals surface area contributed by atoms with Gasteiger partial charge in [-0.25, -0.2) is 28.2 Å². The van der Waals surface area contributed by atoms with E-state index in [1.807, 2.05) is 6.07 Å². The molecule has 0 aromatic carbocycles. The summed E-state index contributed by atoms with van der Waals surface area (Å²) in [7, 11) is 0. The molecule has 0 bridgehead atoms. The number of aromatic nitrogens is 5. The molecule has 2 unspecified atom stereocenters. The van der Waals surface area contributed by atoms with Crippen LogP contribution in [-0.2, 0) is 0 Å². The van der Waals surface area contributed by atoms with E-state index in [1.54, 1.807) is 12.3 Å². The molecule has 1 saturated heterocycles. The predicted octanol–water partition coefficient (Wildman–Crippen LogP) is 3.89. The zero-order chi connectivity index (χ0) is 18.4. The fourth-order valence-electron chi connectivity index (χ4n) is 4.51. The minimum absolute atomic E-state index is 0.277. The van der Waals surface area contributed by atoms with E-state index in [4.69, 9.17) is 0 Å². The van der Waals surface area contributed by atoms with Crippen molar-refractivity contribution in [3.05, 3.63) is 36.4 Å². The average molecular weight is 370 g/mol. The molecule has 27 heavy (non-hydrogen) atoms. The van der Waals surface area contributed by atoms with Gasteiger partial charge in [-0.2, -0.15) is 5.10 Å². The van der Waals surface area contributed by atoms with Crippen LogP contribution in [-0.4, -0.2) is 37.2 Å². The minimum Gasteiger partial charge on any atom is -0.353 e. The van der Waals surface area contributed by atoms with Crippen LogP contribution in [0.3, 0.4) is 0 Å². The fourth-order valence-corrected chi connectivity index (χ4v) is 4.51. The van der Waals surface area contributed by atoms with Crippen LogP contribution in [0.2, 0.25) is 0 Å². The van der Waals surface area contributed by atoms with Crippen LogP contribution >= 0.6 is 0 Å². The van der Waals surface area contributed by atoms with Crippen molar-refractivity contribution in [1.82, 2.24) is 24.6 Å². The standard InChI is InChI=1S/C19H20F2N6/c20-19(21)13-5-6-17-22-10-16(27(17)25-13)14-9-18(24-11-23-14)26-8-7-12-3-1-2-4-15(12)26/h5-6,9-12,15,19H,1-4,7-8H2. The molecule has 1 aliphatic carbocycles. The summed E-state index contributed by atoms with van der Waals surface area (Å²) in [5.74, 6) is 1.65. The first kappa shape index (κ1) is 16.5. The topological polar surface area (TPSA) is 59.2 Å². The molecular weight excluding hydrogens is 350 g/mol. The number of nitrogens with zero attached hydrogens (tertiary/aromatic N) is 6. The first-order valence-corrected chi connectivity index (χ1v) is 9.42. The molecule has 1 saturated carbocycles. The van der Waals surface area contributed by atoms with Crippen molar-refractivity contribution in [2.45, 2.75) is 44.6 Å². The molecule has 6 nitrogen and oxygen atoms in total. The van der Waals surface area contributed by atoms with Gasteiger partial charge in [-0.15, -0.1) is 0 Å². The van der Waals surface area contributed by atoms with E-state index in [0.29, 0.717) is 23.1 Å². The Labute approximate surface area is 155 Å². The van der Waals surface area contributed by atoms with Crippen LogP contribution in [0, 0.1) is 5.92 Å². The normalized spacial score (nSPS) is 22.6. The van der Waals surface area contributed by atoms with Gasteiger partial charge in [-0.3, -0.25) is 0 Å². The third-order valence-electron chi connectivity index (χ3n) is 5.83. The molecule has 3 aromatic rings. The zero-order valence-electron chi connectivity index (χ0n) is 14.8. The number of alkyl halides is 2. The second-order valence-electron chi connectivity index (χ2n) is 7.33. The molecule has 0 radical (unpaired) electrons. The maximum Gasteiger partial charge on any atom is 0.282 e. The summed E-state index contributed by atoms with van der Waals surface area (Å²) in [4.78, 5) is 15.5. The molecule has 5 rings (SSSR count). The van der Waals surface area contributed by atoms with E-state index in [0.717, 1.165) is 18.3 Å². The first-order valence-electron chi connectivity index (χ1n) is 9.42. The first-order chi connectivity index (χ1) is 13.2. The molecule has 2 atom stereocenters. The fraction of sp³-hybridized carbons (Fsp3) is 0.474. The quantitative estimate of drug-likeness (QED) is 0.700. The SMILES string of the molecule is FC(F)c1ccc2ncc(-c3cc(N4CCC5CCCCC54)ncn3)n2n1. The predicted molar refractivity (Wildman–Crippen MR) is 96.7 cm³/mol. The van der Waals surface area contributed by atoms with Gasteiger partial charge in [-0.05, 0) is 37.3 Å². The molecule has 0 N–H and O–H groups in total. The summed E-state index contributed by atoms with van der Waals surface area (Å²) >= 11 is 0. The highest BCUT2D eigenvalue weighted by atomic mass is 19.3. The second-order valence-corrected chi connectivity index (χ2v) is 7.33. The van der Waals surface area contributed by atoms with Crippen molar-refractivity contribution in [2.24, 2.45) is 5.92 Å². The van der Waals surface area contributed by atoms with E-state index in [-0.39, 0.29) is 5.69 Å². The zero-order valence-corrected chi connectivity index (χ0v) is 14.8. The molecular formula is C19H20F2N6. The van der Waals surface area contributed by atoms with E-state index < -0.39 is 6.43 Å². The number of imidazole rings is 1. The smallest absolute Gasteiger partial charge is 0.282 e. The van der Waals surface area contributed by atoms with Crippen molar-refractivity contribution < 1.29 is 8.78 Å². The molecule has 3 aromatic heterocycles. The molecule has 1 aliphatic heterocycles. The van der Waals surface area contributed by atoms with Gasteiger partial charge in [0.2, 0.25) is 0 Å². The largest absolute Gasteiger partial charge is 0.353 e. The monoisotopic (exact) mass is 370 g/mol. The van der Waals surface area contributed by atoms with E-state index in [1.165, 1.54) is 49.0 Å². The number of fused-ring (bicyclic) bond motifs is 2. The third-order valence-corrected chi connectivity index (χ3v) is 5.83. The van der Waals surface area contributed by atoms with Gasteiger partial charge in [0.05, 0.1) is 11.9 Å². The summed E-state index contributed by atoms with van der Waals surface area (Å²) in [6, 6.07) is 5.33. The highest BCUT2D eigenvalue weighted by molar-refractivity contribution is 5.62. The maximum atomic E-state index is 13.0. The lowest BCUT2D eigenvalue weighted by Crippen LogP contribution is -2.35. The van der Waals surface area contributed by atoms with Gasteiger partial charge in [-0.1, -0.05) is 12.8 Å². The Morgan fingerprint density at radius 1 is 1.04 bits per heavy atom. The van der Waals surface area contributed by atoms with Crippen LogP contribution in [0.1, 0.15) is 44.2 Å². The second kappa shape index (κ2) is 6.51. The third kappa shape index (κ3) is 2.83. The Kier molecular flexibility index (Phi) is 3.98. The molecule has 0 amide bonds. The summed E-state index contributed by atoms with van der Waals surface area (Å²) in [6.45, 7) is 1.01. The van der Waals surface area contributed by atoms with Crippen molar-refractivity contribution in [2.75, 3.05) is 11.4 Å². The summed E-state index contributed by atoms with van der Waals surface area (Å²) in [6.07, 6.45) is 6.84. The van der Waals surface area contributed by atoms with Crippen molar-refractivity contribution in [3.8, 4) is 11.4 Å². The molecule has 140 valence electrons. The molecule has 8 heteroatoms. The Bertz CT molecular complexity index is 972. The Balaban J connectivity index is 1.52. The van der Waals surface area contributed by atoms with Crippen LogP contribution in [0.5, 0.6) is 0 Å². The van der Waals surface area contributed by atoms with Gasteiger partial charge in [0.15, 0.2) is 5.65 Å². The van der Waals surface area contributed by atoms with Crippen molar-refractivity contribution >= 4 is 11.5 Å². The Morgan fingerprint density at radius 3 is 2.81 bits per heavy atom. The Hall–Kier alpha value is -2.64. The van der Waals surface area contributed by atoms with Crippen LogP contribution in [0.4, 0.5) is 14.6 Å². The van der Waals surface area contributed by atoms with Gasteiger partial charge >= 0.3 is 0 Å². The van der Waals surface area contributed by atoms with Crippen molar-refractivity contribution in [3.63, 3.8) is 0 Å². The summed E-state index contributed by atoms with van der Waals surface area (Å²) < 4.78 is 27.5. The number of rotatable bonds is 3. The van der Waals surface area contributed by atoms with Gasteiger partial charge in [0, 0.05) is 18.7 Å². The molecule has 0 spiro atoms. The van der Waals surface area contributed by atoms with Crippen LogP contribution < -0.4 is 4.90 Å². The van der Waals surface area contributed by atoms with Gasteiger partial charge < -0.3 is 4.90 Å². The maximum absolute atomic E-state index is 13.0. The summed E-state index contributed by atoms with van der Waals surface area (Å²) in [5, 5.41) is 4.03. The molecule has 2 fully saturated rings. The Morgan fingerprint density at radius 2 is 1.93 bits per heavy atom. The van der Waals surface area contributed by atoms with Crippen molar-refractivity contribution in [1.29, 1.82) is 0 Å². The van der Waals surface area contributed by atoms with E-state index in [2.05, 4.69) is 25.0 Å². The number of hydrogen-bond acceptors (Lipinski definition) is 5. The van der Waals surface area contributed by atoms with E-state index >= 15 is 0 Å². The summed E-state index contributed by atoms with van der Waals surface area (Å²) in [5.41, 5.74) is 1.48. The van der Waals surface area contributed by atoms with Gasteiger partial charge in [0.25, 0.3) is 6.43 Å². The average Bonchev–Trinajstić information content (AvgIpc) is 3.32. The lowest BCUT2D eigenvalue weighted by Gasteiger charge is -2.32. The molecule has 4 heterocycles. The number of halogens is 2. The van der Waals surface area contributed by atoms with Crippen LogP contribution in [0.15, 0.2) is 30.7 Å². The highest BCUT2D eigenvalue weighted by Crippen LogP contribution is 2.38. The molecule has 2 aliphatic rings. The minimum atomic E-state index is -2.63. The van der Waals surface area contributed by atoms with Gasteiger partial charge in [0.1, 0.15) is 23.5 Å². The lowest BCUT2D eigenvalue weighted by molar-refractivity contribution is 0.144.